The van der Waals surface area contributed by atoms with Gasteiger partial charge in [0.05, 0.1) is 13.2 Å². The molecular formula is C39H62N4O18. The van der Waals surface area contributed by atoms with Crippen LogP contribution in [-0.4, -0.2) is 122 Å². The van der Waals surface area contributed by atoms with E-state index in [1.165, 1.54) is 6.92 Å². The summed E-state index contributed by atoms with van der Waals surface area (Å²) < 4.78 is 50.1. The number of aliphatic imine (C=N–C) groups is 2. The van der Waals surface area contributed by atoms with Gasteiger partial charge in [0.2, 0.25) is 0 Å². The number of carbonyl (C=O) groups excluding carboxylic acids is 8. The second-order valence-corrected chi connectivity index (χ2v) is 18.0. The summed E-state index contributed by atoms with van der Waals surface area (Å²) in [7, 11) is 0. The first-order chi connectivity index (χ1) is 27.8. The maximum Gasteiger partial charge on any atom is 0.508 e. The number of hydrogen-bond acceptors (Lipinski definition) is 18. The highest BCUT2D eigenvalue weighted by Crippen LogP contribution is 2.29. The Hall–Kier alpha value is -5.70. The Morgan fingerprint density at radius 3 is 1.21 bits per heavy atom. The van der Waals surface area contributed by atoms with E-state index >= 15 is 0 Å². The van der Waals surface area contributed by atoms with E-state index < -0.39 is 81.9 Å². The molecule has 61 heavy (non-hydrogen) atoms. The molecule has 0 spiro atoms. The normalized spacial score (nSPS) is 16.6. The highest BCUT2D eigenvalue weighted by atomic mass is 16.7. The Bertz CT molecular complexity index is 1640. The molecule has 0 aromatic carbocycles. The van der Waals surface area contributed by atoms with Crippen molar-refractivity contribution in [3.8, 4) is 0 Å². The Morgan fingerprint density at radius 2 is 0.885 bits per heavy atom. The van der Waals surface area contributed by atoms with Gasteiger partial charge in [0.15, 0.2) is 0 Å². The fourth-order valence-corrected chi connectivity index (χ4v) is 4.31. The minimum atomic E-state index is -1.16. The molecule has 0 bridgehead atoms. The van der Waals surface area contributed by atoms with Gasteiger partial charge in [-0.2, -0.15) is 9.98 Å². The topological polar surface area (TPSA) is 278 Å². The van der Waals surface area contributed by atoms with Crippen LogP contribution in [0.2, 0.25) is 0 Å². The SMILES string of the molecule is CC(C)(C)OC(=O)N=C(CCOC(=O)C1(C)COC(=O)OC1)NC(=O)OC(C)(C)C.CCC1(C(=O)OCCC(=NC(=O)OC(C)(C)C)NC(=O)OC(C)(C)C)COC(=O)OC1. The number of alkyl carbamates (subject to hydrolysis) is 2. The molecule has 2 heterocycles. The maximum atomic E-state index is 12.5. The Kier molecular flexibility index (Phi) is 19.4. The summed E-state index contributed by atoms with van der Waals surface area (Å²) in [6.45, 7) is 22.3. The average Bonchev–Trinajstić information content (AvgIpc) is 3.06. The number of nitrogens with zero attached hydrogens (tertiary/aromatic N) is 2. The van der Waals surface area contributed by atoms with E-state index in [-0.39, 0.29) is 64.2 Å². The predicted molar refractivity (Wildman–Crippen MR) is 213 cm³/mol. The lowest BCUT2D eigenvalue weighted by Crippen LogP contribution is -2.46. The van der Waals surface area contributed by atoms with Crippen molar-refractivity contribution < 1.29 is 85.7 Å². The largest absolute Gasteiger partial charge is 0.508 e. The van der Waals surface area contributed by atoms with Gasteiger partial charge in [-0.3, -0.25) is 20.2 Å². The van der Waals surface area contributed by atoms with Gasteiger partial charge in [-0.25, -0.2) is 28.8 Å². The molecule has 0 saturated carbocycles. The molecule has 2 N–H and O–H groups in total. The molecule has 22 heteroatoms. The maximum absolute atomic E-state index is 12.5. The fraction of sp³-hybridized carbons (Fsp3) is 0.744. The van der Waals surface area contributed by atoms with E-state index in [2.05, 4.69) is 20.6 Å². The van der Waals surface area contributed by atoms with Crippen molar-refractivity contribution in [1.82, 2.24) is 10.6 Å². The minimum absolute atomic E-state index is 0.0897. The van der Waals surface area contributed by atoms with Crippen LogP contribution in [0.3, 0.4) is 0 Å². The molecule has 22 nitrogen and oxygen atoms in total. The van der Waals surface area contributed by atoms with Crippen molar-refractivity contribution in [2.24, 2.45) is 20.8 Å². The minimum Gasteiger partial charge on any atom is -0.465 e. The number of carbonyl (C=O) groups is 8. The van der Waals surface area contributed by atoms with E-state index in [1.54, 1.807) is 90.0 Å². The summed E-state index contributed by atoms with van der Waals surface area (Å²) in [4.78, 5) is 102. The zero-order valence-corrected chi connectivity index (χ0v) is 37.6. The van der Waals surface area contributed by atoms with E-state index in [0.717, 1.165) is 0 Å². The van der Waals surface area contributed by atoms with Gasteiger partial charge < -0.3 is 47.4 Å². The molecule has 2 fully saturated rings. The van der Waals surface area contributed by atoms with Crippen LogP contribution in [0.5, 0.6) is 0 Å². The molecule has 0 aromatic rings. The van der Waals surface area contributed by atoms with Crippen molar-refractivity contribution in [2.45, 2.75) is 139 Å². The van der Waals surface area contributed by atoms with Crippen molar-refractivity contribution in [1.29, 1.82) is 0 Å². The van der Waals surface area contributed by atoms with Crippen molar-refractivity contribution in [3.63, 3.8) is 0 Å². The first-order valence-electron chi connectivity index (χ1n) is 19.3. The van der Waals surface area contributed by atoms with Gasteiger partial charge >= 0.3 is 48.6 Å². The van der Waals surface area contributed by atoms with Gasteiger partial charge in [-0.1, -0.05) is 6.92 Å². The predicted octanol–water partition coefficient (Wildman–Crippen LogP) is 6.29. The first kappa shape index (κ1) is 53.3. The van der Waals surface area contributed by atoms with Crippen molar-refractivity contribution >= 4 is 60.3 Å². The molecule has 346 valence electrons. The van der Waals surface area contributed by atoms with Gasteiger partial charge in [0, 0.05) is 12.8 Å². The molecule has 0 atom stereocenters. The van der Waals surface area contributed by atoms with Crippen LogP contribution in [0, 0.1) is 10.8 Å². The van der Waals surface area contributed by atoms with Crippen LogP contribution in [0.15, 0.2) is 9.98 Å². The quantitative estimate of drug-likeness (QED) is 0.111. The molecule has 4 amide bonds. The summed E-state index contributed by atoms with van der Waals surface area (Å²) in [6, 6.07) is 0. The van der Waals surface area contributed by atoms with Crippen molar-refractivity contribution in [3.05, 3.63) is 0 Å². The molecule has 2 aliphatic rings. The van der Waals surface area contributed by atoms with E-state index in [1.807, 2.05) is 0 Å². The average molecular weight is 875 g/mol. The summed E-state index contributed by atoms with van der Waals surface area (Å²) in [6.07, 6.45) is -5.03. The summed E-state index contributed by atoms with van der Waals surface area (Å²) >= 11 is 0. The van der Waals surface area contributed by atoms with Crippen molar-refractivity contribution in [2.75, 3.05) is 39.6 Å². The summed E-state index contributed by atoms with van der Waals surface area (Å²) in [5.74, 6) is -1.48. The molecule has 2 aliphatic heterocycles. The van der Waals surface area contributed by atoms with Gasteiger partial charge in [0.25, 0.3) is 0 Å². The molecule has 2 saturated heterocycles. The molecule has 2 rings (SSSR count). The third kappa shape index (κ3) is 22.5. The van der Waals surface area contributed by atoms with Crippen LogP contribution in [0.1, 0.15) is 116 Å². The summed E-state index contributed by atoms with van der Waals surface area (Å²) in [5, 5.41) is 4.74. The van der Waals surface area contributed by atoms with E-state index in [9.17, 15) is 38.4 Å². The van der Waals surface area contributed by atoms with Gasteiger partial charge in [-0.05, 0) is 96.4 Å². The van der Waals surface area contributed by atoms with Gasteiger partial charge in [-0.15, -0.1) is 0 Å². The van der Waals surface area contributed by atoms with Crippen LogP contribution < -0.4 is 10.6 Å². The number of nitrogens with one attached hydrogen (secondary N) is 2. The molecular weight excluding hydrogens is 812 g/mol. The fourth-order valence-electron chi connectivity index (χ4n) is 4.31. The number of rotatable bonds is 9. The van der Waals surface area contributed by atoms with Crippen LogP contribution >= 0.6 is 0 Å². The highest BCUT2D eigenvalue weighted by molar-refractivity contribution is 6.01. The third-order valence-corrected chi connectivity index (χ3v) is 7.23. The number of cyclic esters (lactones) is 4. The number of amides is 4. The van der Waals surface area contributed by atoms with Crippen LogP contribution in [0.4, 0.5) is 28.8 Å². The van der Waals surface area contributed by atoms with Crippen LogP contribution in [0.25, 0.3) is 0 Å². The molecule has 0 unspecified atom stereocenters. The summed E-state index contributed by atoms with van der Waals surface area (Å²) in [5.41, 5.74) is -5.36. The number of esters is 2. The zero-order valence-electron chi connectivity index (χ0n) is 37.6. The molecule has 0 radical (unpaired) electrons. The monoisotopic (exact) mass is 874 g/mol. The first-order valence-corrected chi connectivity index (χ1v) is 19.3. The number of ether oxygens (including phenoxy) is 10. The van der Waals surface area contributed by atoms with Gasteiger partial charge in [0.1, 0.15) is 71.3 Å². The Morgan fingerprint density at radius 1 is 0.557 bits per heavy atom. The van der Waals surface area contributed by atoms with Crippen LogP contribution in [-0.2, 0) is 57.0 Å². The smallest absolute Gasteiger partial charge is 0.465 e. The molecule has 0 aromatic heterocycles. The second-order valence-electron chi connectivity index (χ2n) is 18.0. The lowest BCUT2D eigenvalue weighted by atomic mass is 9.86. The molecule has 0 aliphatic carbocycles. The Labute approximate surface area is 355 Å². The lowest BCUT2D eigenvalue weighted by molar-refractivity contribution is -0.168. The van der Waals surface area contributed by atoms with E-state index in [4.69, 9.17) is 47.4 Å². The third-order valence-electron chi connectivity index (χ3n) is 7.23. The van der Waals surface area contributed by atoms with E-state index in [0.29, 0.717) is 6.42 Å². The lowest BCUT2D eigenvalue weighted by Gasteiger charge is -2.32. The number of amidine groups is 2. The number of hydrogen-bond donors (Lipinski definition) is 2. The highest BCUT2D eigenvalue weighted by Gasteiger charge is 2.45. The second kappa shape index (κ2) is 22.2. The Balaban J connectivity index is 0.000000610. The zero-order chi connectivity index (χ0) is 47.0. The standard InChI is InChI=1S/C20H32N2O9.C19H30N2O9/c1-8-20(11-28-17(26)29-12-20)14(23)27-10-9-13(21-15(24)30-18(2,3)4)22-16(25)31-19(5,6)7;1-17(2,3)29-14(23)20-12(21-15(24)30-18(4,5)6)8-9-26-13(22)19(7)10-27-16(25)28-11-19/h8-12H2,1-7H3,(H,21,22,24,25);8-11H2,1-7H3,(H,20,21,23,24).